The van der Waals surface area contributed by atoms with Crippen LogP contribution in [0.25, 0.3) is 67.9 Å². The van der Waals surface area contributed by atoms with Gasteiger partial charge in [-0.25, -0.2) is 64.2 Å². The Balaban J connectivity index is 0.000000135. The second kappa shape index (κ2) is 38.1. The number of ether oxygens (including phenoxy) is 4. The third-order valence-electron chi connectivity index (χ3n) is 17.2. The minimum absolute atomic E-state index is 0.0419. The van der Waals surface area contributed by atoms with Gasteiger partial charge >= 0.3 is 26.2 Å². The summed E-state index contributed by atoms with van der Waals surface area (Å²) in [7, 11) is 0. The molecule has 0 aliphatic rings. The molecule has 0 amide bonds. The van der Waals surface area contributed by atoms with Crippen LogP contribution in [0, 0.1) is 12.7 Å². The Kier molecular flexibility index (Phi) is 26.3. The Morgan fingerprint density at radius 1 is 0.350 bits per heavy atom. The van der Waals surface area contributed by atoms with E-state index in [1.54, 1.807) is 95.8 Å². The highest BCUT2D eigenvalue weighted by molar-refractivity contribution is 6.31. The fourth-order valence-corrected chi connectivity index (χ4v) is 12.6. The highest BCUT2D eigenvalue weighted by Gasteiger charge is 2.31. The van der Waals surface area contributed by atoms with Crippen LogP contribution in [0.3, 0.4) is 0 Å². The Bertz CT molecular complexity index is 6540. The molecule has 0 radical (unpaired) electrons. The molecule has 0 saturated heterocycles. The average Bonchev–Trinajstić information content (AvgIpc) is 1.65. The number of aryl methyl sites for hydroxylation is 4. The van der Waals surface area contributed by atoms with Crippen molar-refractivity contribution in [2.75, 3.05) is 26.6 Å². The highest BCUT2D eigenvalue weighted by Crippen LogP contribution is 2.33. The maximum Gasteiger partial charge on any atom is 0.573 e. The van der Waals surface area contributed by atoms with E-state index >= 15 is 0 Å². The number of anilines is 10. The number of imidazole rings is 4. The van der Waals surface area contributed by atoms with Crippen LogP contribution in [-0.4, -0.2) is 124 Å². The Morgan fingerprint density at radius 2 is 0.691 bits per heavy atom. The van der Waals surface area contributed by atoms with E-state index in [2.05, 4.69) is 125 Å². The molecular weight excluding hydrogens is 1680 g/mol. The molecule has 29 nitrogen and oxygen atoms in total. The van der Waals surface area contributed by atoms with Gasteiger partial charge in [0.2, 0.25) is 0 Å². The van der Waals surface area contributed by atoms with Crippen molar-refractivity contribution >= 4 is 137 Å². The van der Waals surface area contributed by atoms with Crippen molar-refractivity contribution in [2.45, 2.75) is 73.2 Å². The Labute approximate surface area is 704 Å². The van der Waals surface area contributed by atoms with E-state index in [0.717, 1.165) is 41.4 Å². The predicted octanol–water partition coefficient (Wildman–Crippen LogP) is 20.4. The minimum Gasteiger partial charge on any atom is -0.435 e. The Hall–Kier alpha value is -14.7. The summed E-state index contributed by atoms with van der Waals surface area (Å²) in [6.07, 6.45) is 16.0. The number of para-hydroxylation sites is 1. The summed E-state index contributed by atoms with van der Waals surface area (Å²) in [5, 5.41) is 16.9. The smallest absolute Gasteiger partial charge is 0.435 e. The van der Waals surface area contributed by atoms with Crippen LogP contribution in [0.2, 0.25) is 15.1 Å². The number of halogens is 13. The molecule has 0 aliphatic carbocycles. The number of aromatic nitrogens is 20. The molecule has 12 aromatic heterocycles. The van der Waals surface area contributed by atoms with Gasteiger partial charge in [0.25, 0.3) is 0 Å². The molecule has 0 aliphatic heterocycles. The number of nitrogens with one attached hydrogen (secondary N) is 5. The summed E-state index contributed by atoms with van der Waals surface area (Å²) < 4.78 is 149. The Morgan fingerprint density at radius 3 is 1.07 bits per heavy atom. The van der Waals surface area contributed by atoms with Gasteiger partial charge in [-0.15, -0.1) is 13.2 Å². The molecule has 42 heteroatoms. The van der Waals surface area contributed by atoms with Gasteiger partial charge in [0.05, 0.1) is 98.6 Å². The van der Waals surface area contributed by atoms with E-state index in [9.17, 15) is 43.9 Å². The molecule has 0 fully saturated rings. The van der Waals surface area contributed by atoms with E-state index in [4.69, 9.17) is 34.8 Å². The van der Waals surface area contributed by atoms with Gasteiger partial charge in [-0.1, -0.05) is 73.8 Å². The molecular formula is C81H62Cl3F10N25O4. The van der Waals surface area contributed by atoms with E-state index in [-0.39, 0.29) is 22.9 Å². The highest BCUT2D eigenvalue weighted by atomic mass is 35.5. The number of rotatable bonds is 24. The van der Waals surface area contributed by atoms with Crippen LogP contribution in [-0.2, 0) is 19.3 Å². The average molecular weight is 1750 g/mol. The van der Waals surface area contributed by atoms with Crippen LogP contribution in [0.1, 0.15) is 44.1 Å². The minimum atomic E-state index is -4.74. The molecule has 626 valence electrons. The number of hydrogen-bond acceptors (Lipinski definition) is 25. The van der Waals surface area contributed by atoms with Gasteiger partial charge < -0.3 is 45.5 Å². The van der Waals surface area contributed by atoms with E-state index in [1.165, 1.54) is 85.6 Å². The van der Waals surface area contributed by atoms with Gasteiger partial charge in [-0.05, 0) is 128 Å². The summed E-state index contributed by atoms with van der Waals surface area (Å²) >= 11 is 18.3. The van der Waals surface area contributed by atoms with Crippen LogP contribution in [0.15, 0.2) is 220 Å². The molecule has 5 aromatic carbocycles. The van der Waals surface area contributed by atoms with E-state index < -0.39 is 37.8 Å². The zero-order valence-electron chi connectivity index (χ0n) is 64.1. The van der Waals surface area contributed by atoms with Crippen LogP contribution in [0.4, 0.5) is 101 Å². The standard InChI is InChI=1S/C25H19F4N7O2.2C19H14ClF3N6O.C18H15ClN6/c1-14-32-23-20(10-17(11-31-23)33-15-2-6-18(7-3-15)37-24(26)27)36(14)22-13-30-12-21(35-22)34-16-4-8-19(9-5-16)38-25(28)29;1-2-16-28-18-14(7-11(20)8-25-18)29(16)17-10-24-9-15(27-17)26-12-3-5-13(6-4-12)30-19(21,22)23;1-2-16-28-18-13(5-10(20)7-25-18)29(16)17-9-24-8-15(27-17)26-11-3-4-14(12(21)6-11)30-19(22)23;1-2-16-24-18-14(8-12(19)9-21-18)25(16)17-11-20-10-15(23-17)22-13-6-4-3-5-7-13/h2-13,24-25,33H,1H3,(H,34,35);3-10H,2H2,1H3,(H,26,27);3-9,19H,2H2,1H3,(H,26,27);3-11H,2H2,1H3,(H,22,23). The summed E-state index contributed by atoms with van der Waals surface area (Å²) in [4.78, 5) is 70.5. The van der Waals surface area contributed by atoms with Crippen molar-refractivity contribution in [1.29, 1.82) is 0 Å². The van der Waals surface area contributed by atoms with Crippen molar-refractivity contribution in [1.82, 2.24) is 98.0 Å². The fraction of sp³-hybridized carbons (Fsp3) is 0.136. The first-order valence-electron chi connectivity index (χ1n) is 36.7. The second-order valence-electron chi connectivity index (χ2n) is 25.6. The van der Waals surface area contributed by atoms with Crippen molar-refractivity contribution in [3.05, 3.63) is 264 Å². The van der Waals surface area contributed by atoms with Gasteiger partial charge in [0, 0.05) is 72.4 Å². The lowest BCUT2D eigenvalue weighted by Crippen LogP contribution is -2.17. The summed E-state index contributed by atoms with van der Waals surface area (Å²) in [5.41, 5.74) is 8.67. The number of fused-ring (bicyclic) bond motifs is 4. The van der Waals surface area contributed by atoms with Crippen LogP contribution >= 0.6 is 34.8 Å². The van der Waals surface area contributed by atoms with E-state index in [0.29, 0.717) is 148 Å². The SMILES string of the molecule is CCc1nc2ncc(Cl)cc2n1-c1cncc(Nc2ccc(OC(F)(F)F)cc2)n1.CCc1nc2ncc(Cl)cc2n1-c1cncc(Nc2ccc(OC(F)F)c(F)c2)n1.CCc1nc2ncc(Cl)cc2n1-c1cncc(Nc2ccccc2)n1.Cc1nc2ncc(Nc3ccc(OC(F)F)cc3)cc2n1-c1cncc(Nc2ccc(OC(F)F)cc2)n1. The molecule has 0 bridgehead atoms. The monoisotopic (exact) mass is 1740 g/mol. The van der Waals surface area contributed by atoms with E-state index in [1.807, 2.05) is 72.4 Å². The van der Waals surface area contributed by atoms with Crippen molar-refractivity contribution in [2.24, 2.45) is 0 Å². The summed E-state index contributed by atoms with van der Waals surface area (Å²) in [6, 6.07) is 37.9. The quantitative estimate of drug-likeness (QED) is 0.0351. The lowest BCUT2D eigenvalue weighted by Gasteiger charge is -2.11. The lowest BCUT2D eigenvalue weighted by molar-refractivity contribution is -0.274. The number of alkyl halides is 9. The zero-order valence-corrected chi connectivity index (χ0v) is 66.4. The van der Waals surface area contributed by atoms with Crippen molar-refractivity contribution < 1.29 is 62.9 Å². The molecule has 123 heavy (non-hydrogen) atoms. The maximum atomic E-state index is 14.0. The first-order chi connectivity index (χ1) is 59.3. The summed E-state index contributed by atoms with van der Waals surface area (Å²) in [6.45, 7) is -1.16. The van der Waals surface area contributed by atoms with Gasteiger partial charge in [-0.3, -0.25) is 38.2 Å². The third-order valence-corrected chi connectivity index (χ3v) is 17.8. The normalized spacial score (nSPS) is 11.3. The topological polar surface area (TPSA) is 323 Å². The molecule has 5 N–H and O–H groups in total. The first-order valence-corrected chi connectivity index (χ1v) is 37.8. The number of hydrogen-bond donors (Lipinski definition) is 5. The second-order valence-corrected chi connectivity index (χ2v) is 27.0. The molecule has 12 heterocycles. The van der Waals surface area contributed by atoms with Crippen LogP contribution < -0.4 is 45.5 Å². The number of nitrogens with zero attached hydrogens (tertiary/aromatic N) is 20. The van der Waals surface area contributed by atoms with Gasteiger partial charge in [0.1, 0.15) is 40.5 Å². The summed E-state index contributed by atoms with van der Waals surface area (Å²) in [5.74, 6) is 5.13. The lowest BCUT2D eigenvalue weighted by atomic mass is 10.3. The van der Waals surface area contributed by atoms with Crippen LogP contribution in [0.5, 0.6) is 23.0 Å². The number of pyridine rings is 4. The van der Waals surface area contributed by atoms with Crippen molar-refractivity contribution in [3.8, 4) is 46.3 Å². The maximum absolute atomic E-state index is 14.0. The molecule has 0 spiro atoms. The molecule has 17 aromatic rings. The van der Waals surface area contributed by atoms with Gasteiger partial charge in [0.15, 0.2) is 80.7 Å². The molecule has 0 atom stereocenters. The predicted molar refractivity (Wildman–Crippen MR) is 441 cm³/mol. The molecule has 0 saturated carbocycles. The molecule has 17 rings (SSSR count). The largest absolute Gasteiger partial charge is 0.573 e. The zero-order chi connectivity index (χ0) is 86.4. The third kappa shape index (κ3) is 21.5. The first kappa shape index (κ1) is 84.7. The van der Waals surface area contributed by atoms with Gasteiger partial charge in [-0.2, -0.15) is 26.3 Å². The number of benzene rings is 5. The fourth-order valence-electron chi connectivity index (χ4n) is 12.2. The van der Waals surface area contributed by atoms with Crippen molar-refractivity contribution in [3.63, 3.8) is 0 Å². The molecule has 0 unspecified atom stereocenters.